The molecule has 0 atom stereocenters. The summed E-state index contributed by atoms with van der Waals surface area (Å²) >= 11 is 0. The molecular weight excluding hydrogens is 695 g/mol. The van der Waals surface area contributed by atoms with Crippen molar-refractivity contribution in [2.45, 2.75) is 19.6 Å². The number of fused-ring (bicyclic) bond motifs is 3. The van der Waals surface area contributed by atoms with Gasteiger partial charge in [-0.3, -0.25) is 0 Å². The lowest BCUT2D eigenvalue weighted by Crippen LogP contribution is -2.09. The van der Waals surface area contributed by atoms with Crippen LogP contribution in [0.15, 0.2) is 256 Å². The maximum atomic E-state index is 2.47. The lowest BCUT2D eigenvalue weighted by Gasteiger charge is -2.39. The first kappa shape index (κ1) is 33.7. The first-order valence-corrected chi connectivity index (χ1v) is 20.8. The van der Waals surface area contributed by atoms with Crippen LogP contribution >= 0.6 is 10.0 Å². The smallest absolute Gasteiger partial charge is 0.0462 e. The van der Waals surface area contributed by atoms with Gasteiger partial charge in [-0.25, -0.2) is 0 Å². The van der Waals surface area contributed by atoms with Crippen LogP contribution in [0.4, 0.5) is 17.1 Å². The zero-order chi connectivity index (χ0) is 37.3. The summed E-state index contributed by atoms with van der Waals surface area (Å²) in [6.45, 7) is 0. The Morgan fingerprint density at radius 2 is 0.589 bits per heavy atom. The Hall–Kier alpha value is -6.87. The highest BCUT2D eigenvalue weighted by Crippen LogP contribution is 2.80. The Balaban J connectivity index is 1.07. The van der Waals surface area contributed by atoms with E-state index in [1.807, 2.05) is 0 Å². The fourth-order valence-corrected chi connectivity index (χ4v) is 12.5. The topological polar surface area (TPSA) is 3.24 Å². The molecule has 0 saturated heterocycles. The summed E-state index contributed by atoms with van der Waals surface area (Å²) in [4.78, 5) is 7.88. The Kier molecular flexibility index (Phi) is 8.67. The van der Waals surface area contributed by atoms with Crippen LogP contribution in [0, 0.1) is 0 Å². The molecule has 0 N–H and O–H groups in total. The van der Waals surface area contributed by atoms with Gasteiger partial charge in [0.25, 0.3) is 0 Å². The maximum Gasteiger partial charge on any atom is 0.0462 e. The Bertz CT molecular complexity index is 2620. The minimum Gasteiger partial charge on any atom is -0.311 e. The van der Waals surface area contributed by atoms with Crippen LogP contribution in [0.5, 0.6) is 0 Å². The van der Waals surface area contributed by atoms with Gasteiger partial charge in [0.05, 0.1) is 0 Å². The second-order valence-electron chi connectivity index (χ2n) is 14.2. The molecule has 56 heavy (non-hydrogen) atoms. The molecule has 10 rings (SSSR count). The van der Waals surface area contributed by atoms with E-state index in [1.165, 1.54) is 64.1 Å². The normalized spacial score (nSPS) is 13.0. The Morgan fingerprint density at radius 1 is 0.250 bits per heavy atom. The highest BCUT2D eigenvalue weighted by atomic mass is 32.3. The zero-order valence-electron chi connectivity index (χ0n) is 30.9. The monoisotopic (exact) mass is 733 g/mol. The van der Waals surface area contributed by atoms with Gasteiger partial charge in [-0.05, 0) is 117 Å². The van der Waals surface area contributed by atoms with E-state index in [0.29, 0.717) is 0 Å². The molecule has 0 spiro atoms. The van der Waals surface area contributed by atoms with Crippen molar-refractivity contribution >= 4 is 27.1 Å². The van der Waals surface area contributed by atoms with Crippen LogP contribution in [-0.2, 0) is 0 Å². The lowest BCUT2D eigenvalue weighted by atomic mass is 10.00. The molecule has 0 aromatic heterocycles. The first-order valence-electron chi connectivity index (χ1n) is 19.2. The molecule has 0 saturated carbocycles. The van der Waals surface area contributed by atoms with Crippen molar-refractivity contribution in [3.63, 3.8) is 0 Å². The number of nitrogens with zero attached hydrogens (tertiary/aromatic N) is 1. The van der Waals surface area contributed by atoms with Crippen molar-refractivity contribution in [1.82, 2.24) is 0 Å². The third-order valence-electron chi connectivity index (χ3n) is 10.9. The molecule has 0 aliphatic carbocycles. The highest BCUT2D eigenvalue weighted by Gasteiger charge is 2.41. The van der Waals surface area contributed by atoms with Crippen LogP contribution in [-0.4, -0.2) is 0 Å². The fraction of sp³-hybridized carbons (Fsp3) is 0. The van der Waals surface area contributed by atoms with Gasteiger partial charge in [0, 0.05) is 36.6 Å². The van der Waals surface area contributed by atoms with E-state index in [4.69, 9.17) is 0 Å². The molecule has 9 aromatic rings. The minimum absolute atomic E-state index is 1.11. The average Bonchev–Trinajstić information content (AvgIpc) is 3.59. The van der Waals surface area contributed by atoms with Gasteiger partial charge in [-0.1, -0.05) is 164 Å². The summed E-state index contributed by atoms with van der Waals surface area (Å²) in [5.41, 5.74) is 13.2. The van der Waals surface area contributed by atoms with Crippen LogP contribution in [0.25, 0.3) is 44.5 Å². The van der Waals surface area contributed by atoms with Crippen LogP contribution in [0.3, 0.4) is 0 Å². The number of benzene rings is 9. The minimum atomic E-state index is -1.72. The summed E-state index contributed by atoms with van der Waals surface area (Å²) in [5.74, 6) is 0. The van der Waals surface area contributed by atoms with Gasteiger partial charge in [0.2, 0.25) is 0 Å². The van der Waals surface area contributed by atoms with E-state index in [-0.39, 0.29) is 0 Å². The second-order valence-corrected chi connectivity index (χ2v) is 17.2. The van der Waals surface area contributed by atoms with Crippen LogP contribution in [0.2, 0.25) is 0 Å². The van der Waals surface area contributed by atoms with Crippen molar-refractivity contribution in [3.8, 4) is 44.5 Å². The van der Waals surface area contributed by atoms with Gasteiger partial charge in [-0.15, -0.1) is 10.0 Å². The van der Waals surface area contributed by atoms with E-state index >= 15 is 0 Å². The molecule has 0 radical (unpaired) electrons. The fourth-order valence-electron chi connectivity index (χ4n) is 8.26. The molecule has 0 fully saturated rings. The van der Waals surface area contributed by atoms with Crippen molar-refractivity contribution in [3.05, 3.63) is 237 Å². The molecule has 266 valence electrons. The zero-order valence-corrected chi connectivity index (χ0v) is 31.7. The Labute approximate surface area is 331 Å². The third kappa shape index (κ3) is 5.83. The predicted molar refractivity (Wildman–Crippen MR) is 236 cm³/mol. The van der Waals surface area contributed by atoms with E-state index in [2.05, 4.69) is 241 Å². The molecular formula is C54H39NS. The van der Waals surface area contributed by atoms with Gasteiger partial charge in [0.1, 0.15) is 0 Å². The quantitative estimate of drug-likeness (QED) is 0.150. The van der Waals surface area contributed by atoms with Gasteiger partial charge in [0.15, 0.2) is 0 Å². The second kappa shape index (κ2) is 14.4. The summed E-state index contributed by atoms with van der Waals surface area (Å²) in [6.07, 6.45) is 0. The average molecular weight is 734 g/mol. The molecule has 1 heterocycles. The van der Waals surface area contributed by atoms with E-state index in [9.17, 15) is 0 Å². The summed E-state index contributed by atoms with van der Waals surface area (Å²) in [5, 5.41) is 0. The molecule has 9 aromatic carbocycles. The number of rotatable bonds is 8. The van der Waals surface area contributed by atoms with Crippen molar-refractivity contribution in [1.29, 1.82) is 0 Å². The van der Waals surface area contributed by atoms with E-state index < -0.39 is 10.0 Å². The third-order valence-corrected chi connectivity index (χ3v) is 14.9. The van der Waals surface area contributed by atoms with Crippen LogP contribution < -0.4 is 4.90 Å². The SMILES string of the molecule is c1ccc(-c2ccc(N(c3ccc(-c4ccccc4)cc3)c3ccc(-c4ccc5c(c4)S(c4ccccc4)(c4ccccc4)c4ccccc4-5)cc3)cc2)cc1. The Morgan fingerprint density at radius 3 is 1.05 bits per heavy atom. The molecule has 0 bridgehead atoms. The van der Waals surface area contributed by atoms with E-state index in [0.717, 1.165) is 17.1 Å². The predicted octanol–water partition coefficient (Wildman–Crippen LogP) is 15.5. The number of anilines is 3. The van der Waals surface area contributed by atoms with Crippen LogP contribution in [0.1, 0.15) is 0 Å². The lowest BCUT2D eigenvalue weighted by molar-refractivity contribution is 1.28. The van der Waals surface area contributed by atoms with Gasteiger partial charge < -0.3 is 4.90 Å². The molecule has 2 heteroatoms. The summed E-state index contributed by atoms with van der Waals surface area (Å²) < 4.78 is 0. The molecule has 1 nitrogen and oxygen atoms in total. The molecule has 0 amide bonds. The van der Waals surface area contributed by atoms with Gasteiger partial charge in [-0.2, -0.15) is 0 Å². The van der Waals surface area contributed by atoms with Crippen molar-refractivity contribution in [2.24, 2.45) is 0 Å². The van der Waals surface area contributed by atoms with Crippen molar-refractivity contribution in [2.75, 3.05) is 4.90 Å². The maximum absolute atomic E-state index is 2.47. The van der Waals surface area contributed by atoms with Gasteiger partial charge >= 0.3 is 0 Å². The van der Waals surface area contributed by atoms with Crippen molar-refractivity contribution < 1.29 is 0 Å². The molecule has 1 aliphatic heterocycles. The number of hydrogen-bond donors (Lipinski definition) is 0. The number of hydrogen-bond acceptors (Lipinski definition) is 1. The highest BCUT2D eigenvalue weighted by molar-refractivity contribution is 8.34. The largest absolute Gasteiger partial charge is 0.311 e. The van der Waals surface area contributed by atoms with E-state index in [1.54, 1.807) is 0 Å². The standard InChI is InChI=1S/C54H39NS/c1-5-15-40(16-6-1)42-25-32-46(33-26-42)55(47-34-27-43(28-35-47)41-17-7-2-8-18-41)48-36-29-44(30-37-48)45-31-38-52-51-23-13-14-24-53(51)56(54(52)39-45,49-19-9-3-10-20-49)50-21-11-4-12-22-50/h1-39H. The molecule has 0 unspecified atom stereocenters. The molecule has 1 aliphatic rings. The summed E-state index contributed by atoms with van der Waals surface area (Å²) in [6, 6.07) is 86.5. The first-order chi connectivity index (χ1) is 27.8. The summed E-state index contributed by atoms with van der Waals surface area (Å²) in [7, 11) is -1.72.